The summed E-state index contributed by atoms with van der Waals surface area (Å²) in [6.45, 7) is 6.61. The Morgan fingerprint density at radius 3 is 0.952 bits per heavy atom. The second kappa shape index (κ2) is 51.3. The van der Waals surface area contributed by atoms with E-state index >= 15 is 0 Å². The van der Waals surface area contributed by atoms with Gasteiger partial charge in [0.15, 0.2) is 6.10 Å². The lowest BCUT2D eigenvalue weighted by molar-refractivity contribution is -0.167. The van der Waals surface area contributed by atoms with Crippen LogP contribution in [0, 0.1) is 0 Å². The topological polar surface area (TPSA) is 78.9 Å². The Labute approximate surface area is 385 Å². The molecule has 0 N–H and O–H groups in total. The highest BCUT2D eigenvalue weighted by Gasteiger charge is 2.19. The fraction of sp³-hybridized carbons (Fsp3) is 0.839. The number of carbonyl (C=O) groups is 3. The zero-order valence-corrected chi connectivity index (χ0v) is 41.4. The van der Waals surface area contributed by atoms with Crippen LogP contribution in [0.3, 0.4) is 0 Å². The Morgan fingerprint density at radius 1 is 0.323 bits per heavy atom. The van der Waals surface area contributed by atoms with Crippen LogP contribution in [0.1, 0.15) is 284 Å². The summed E-state index contributed by atoms with van der Waals surface area (Å²) >= 11 is 0. The third-order valence-corrected chi connectivity index (χ3v) is 11.9. The van der Waals surface area contributed by atoms with E-state index in [0.29, 0.717) is 19.3 Å². The minimum absolute atomic E-state index is 0.0752. The van der Waals surface area contributed by atoms with Crippen LogP contribution in [0.25, 0.3) is 0 Å². The highest BCUT2D eigenvalue weighted by atomic mass is 16.6. The third-order valence-electron chi connectivity index (χ3n) is 11.9. The molecule has 6 heteroatoms. The summed E-state index contributed by atoms with van der Waals surface area (Å²) in [5, 5.41) is 0. The van der Waals surface area contributed by atoms with Crippen LogP contribution in [-0.2, 0) is 28.6 Å². The fourth-order valence-electron chi connectivity index (χ4n) is 7.76. The van der Waals surface area contributed by atoms with Gasteiger partial charge in [0.1, 0.15) is 13.2 Å². The van der Waals surface area contributed by atoms with Crippen molar-refractivity contribution in [2.75, 3.05) is 13.2 Å². The number of unbranched alkanes of at least 4 members (excludes halogenated alkanes) is 32. The number of hydrogen-bond acceptors (Lipinski definition) is 6. The van der Waals surface area contributed by atoms with Crippen molar-refractivity contribution in [1.29, 1.82) is 0 Å². The van der Waals surface area contributed by atoms with Gasteiger partial charge < -0.3 is 14.2 Å². The van der Waals surface area contributed by atoms with Crippen molar-refractivity contribution in [1.82, 2.24) is 0 Å². The highest BCUT2D eigenvalue weighted by Crippen LogP contribution is 2.16. The van der Waals surface area contributed by atoms with Crippen LogP contribution >= 0.6 is 0 Å². The lowest BCUT2D eigenvalue weighted by atomic mass is 10.0. The molecular weight excluding hydrogens is 769 g/mol. The maximum atomic E-state index is 12.8. The average molecular weight is 871 g/mol. The van der Waals surface area contributed by atoms with Crippen LogP contribution in [0.4, 0.5) is 0 Å². The second-order valence-electron chi connectivity index (χ2n) is 18.1. The molecule has 0 radical (unpaired) electrons. The lowest BCUT2D eigenvalue weighted by Crippen LogP contribution is -2.30. The van der Waals surface area contributed by atoms with E-state index < -0.39 is 6.10 Å². The summed E-state index contributed by atoms with van der Waals surface area (Å²) in [7, 11) is 0. The molecule has 0 amide bonds. The van der Waals surface area contributed by atoms with Crippen LogP contribution in [0.2, 0.25) is 0 Å². The molecule has 0 aliphatic heterocycles. The van der Waals surface area contributed by atoms with Gasteiger partial charge in [0, 0.05) is 19.3 Å². The smallest absolute Gasteiger partial charge is 0.306 e. The SMILES string of the molecule is CCCCC/C=C/C/C=C/CCCCCCCC(=O)OC[C@@H](COC(=O)CCCCCCCCCCCCCCCC)OC(=O)CCCCCCCCC/C=C/CCCCCC. The number of carbonyl (C=O) groups excluding carboxylic acids is 3. The van der Waals surface area contributed by atoms with Crippen molar-refractivity contribution >= 4 is 17.9 Å². The number of allylic oxidation sites excluding steroid dienone is 6. The largest absolute Gasteiger partial charge is 0.462 e. The van der Waals surface area contributed by atoms with E-state index in [1.165, 1.54) is 167 Å². The van der Waals surface area contributed by atoms with Crippen LogP contribution in [-0.4, -0.2) is 37.2 Å². The van der Waals surface area contributed by atoms with Crippen LogP contribution in [0.15, 0.2) is 36.5 Å². The zero-order valence-electron chi connectivity index (χ0n) is 41.4. The quantitative estimate of drug-likeness (QED) is 0.0262. The summed E-state index contributed by atoms with van der Waals surface area (Å²) in [6.07, 6.45) is 59.8. The molecule has 0 aromatic heterocycles. The Bertz CT molecular complexity index is 1050. The molecule has 0 heterocycles. The van der Waals surface area contributed by atoms with E-state index in [1.54, 1.807) is 0 Å². The summed E-state index contributed by atoms with van der Waals surface area (Å²) in [6, 6.07) is 0. The van der Waals surface area contributed by atoms with Gasteiger partial charge in [-0.05, 0) is 77.0 Å². The predicted octanol–water partition coefficient (Wildman–Crippen LogP) is 17.7. The van der Waals surface area contributed by atoms with Gasteiger partial charge in [-0.1, -0.05) is 224 Å². The van der Waals surface area contributed by atoms with Crippen molar-refractivity contribution in [3.8, 4) is 0 Å². The molecule has 0 spiro atoms. The Morgan fingerprint density at radius 2 is 0.581 bits per heavy atom. The maximum absolute atomic E-state index is 12.8. The van der Waals surface area contributed by atoms with Gasteiger partial charge in [0.25, 0.3) is 0 Å². The molecular formula is C56H102O6. The first-order valence-corrected chi connectivity index (χ1v) is 27.0. The fourth-order valence-corrected chi connectivity index (χ4v) is 7.76. The molecule has 0 aliphatic carbocycles. The number of esters is 3. The monoisotopic (exact) mass is 871 g/mol. The highest BCUT2D eigenvalue weighted by molar-refractivity contribution is 5.71. The van der Waals surface area contributed by atoms with E-state index in [1.807, 2.05) is 0 Å². The van der Waals surface area contributed by atoms with E-state index in [4.69, 9.17) is 14.2 Å². The number of ether oxygens (including phenoxy) is 3. The van der Waals surface area contributed by atoms with Crippen LogP contribution < -0.4 is 0 Å². The molecule has 62 heavy (non-hydrogen) atoms. The van der Waals surface area contributed by atoms with Gasteiger partial charge in [-0.2, -0.15) is 0 Å². The zero-order chi connectivity index (χ0) is 45.1. The van der Waals surface area contributed by atoms with Crippen LogP contribution in [0.5, 0.6) is 0 Å². The van der Waals surface area contributed by atoms with Crippen molar-refractivity contribution in [2.45, 2.75) is 290 Å². The van der Waals surface area contributed by atoms with Crippen molar-refractivity contribution < 1.29 is 28.6 Å². The Hall–Kier alpha value is -2.37. The molecule has 362 valence electrons. The summed E-state index contributed by atoms with van der Waals surface area (Å²) in [4.78, 5) is 38.0. The molecule has 0 saturated carbocycles. The molecule has 0 saturated heterocycles. The Balaban J connectivity index is 4.38. The van der Waals surface area contributed by atoms with Crippen molar-refractivity contribution in [3.05, 3.63) is 36.5 Å². The lowest BCUT2D eigenvalue weighted by Gasteiger charge is -2.18. The molecule has 0 fully saturated rings. The molecule has 0 aromatic rings. The van der Waals surface area contributed by atoms with Crippen molar-refractivity contribution in [3.63, 3.8) is 0 Å². The van der Waals surface area contributed by atoms with Gasteiger partial charge >= 0.3 is 17.9 Å². The first kappa shape index (κ1) is 59.6. The minimum Gasteiger partial charge on any atom is -0.462 e. The van der Waals surface area contributed by atoms with Gasteiger partial charge in [-0.3, -0.25) is 14.4 Å². The molecule has 1 atom stereocenters. The van der Waals surface area contributed by atoms with Gasteiger partial charge in [-0.25, -0.2) is 0 Å². The molecule has 6 nitrogen and oxygen atoms in total. The number of rotatable bonds is 49. The van der Waals surface area contributed by atoms with Crippen molar-refractivity contribution in [2.24, 2.45) is 0 Å². The van der Waals surface area contributed by atoms with E-state index in [2.05, 4.69) is 57.2 Å². The van der Waals surface area contributed by atoms with E-state index in [9.17, 15) is 14.4 Å². The third kappa shape index (κ3) is 48.7. The molecule has 0 aromatic carbocycles. The summed E-state index contributed by atoms with van der Waals surface area (Å²) in [5.41, 5.74) is 0. The number of hydrogen-bond donors (Lipinski definition) is 0. The van der Waals surface area contributed by atoms with Gasteiger partial charge in [0.05, 0.1) is 0 Å². The first-order valence-electron chi connectivity index (χ1n) is 27.0. The Kier molecular flexibility index (Phi) is 49.3. The standard InChI is InChI=1S/C56H102O6/c1-4-7-10-13-16-19-22-25-28-31-34-37-40-43-46-49-55(58)61-52-53(51-60-54(57)48-45-42-39-36-33-30-27-24-21-18-15-12-9-6-3)62-56(59)50-47-44-41-38-35-32-29-26-23-20-17-14-11-8-5-2/h16,19-20,23,25,28,53H,4-15,17-18,21-22,24,26-27,29-52H2,1-3H3/b19-16+,23-20+,28-25+/t53-/m1/s1. The molecule has 0 rings (SSSR count). The predicted molar refractivity (Wildman–Crippen MR) is 266 cm³/mol. The van der Waals surface area contributed by atoms with Gasteiger partial charge in [0.2, 0.25) is 0 Å². The summed E-state index contributed by atoms with van der Waals surface area (Å²) < 4.78 is 16.8. The minimum atomic E-state index is -0.776. The van der Waals surface area contributed by atoms with E-state index in [0.717, 1.165) is 77.0 Å². The molecule has 0 bridgehead atoms. The average Bonchev–Trinajstić information content (AvgIpc) is 3.27. The van der Waals surface area contributed by atoms with Gasteiger partial charge in [-0.15, -0.1) is 0 Å². The first-order chi connectivity index (χ1) is 30.5. The molecule has 0 aliphatic rings. The maximum Gasteiger partial charge on any atom is 0.306 e. The normalized spacial score (nSPS) is 12.2. The molecule has 0 unspecified atom stereocenters. The van der Waals surface area contributed by atoms with E-state index in [-0.39, 0.29) is 31.1 Å². The second-order valence-corrected chi connectivity index (χ2v) is 18.1. The summed E-state index contributed by atoms with van der Waals surface area (Å²) in [5.74, 6) is -0.881.